The van der Waals surface area contributed by atoms with Crippen LogP contribution in [0.4, 0.5) is 0 Å². The fraction of sp³-hybridized carbons (Fsp3) is 0.775. The van der Waals surface area contributed by atoms with Gasteiger partial charge in [0.25, 0.3) is 0 Å². The summed E-state index contributed by atoms with van der Waals surface area (Å²) in [7, 11) is -2.06. The standard InChI is InChI=1S/C26H36OP2.C23H44P2.C10H20.3C5H10.6CH3.3Fe/c1-21(29(2,27)24-17-10-5-11-18-24)25-19-12-20-26(25)28(22-13-6-3-7-14-22)23-15-8-4-9-16-23;1-18(2)24(4)23-17-11-16-22(23)19(3)25(20-12-7-5-8-13-20)21-14-9-6-10-15-21;1-7(2)10-8(3)5-6-9(10)4;3*1-2-4-5-3-1;;;;;;;;;/h3-4,6-9,13-16,21,24-26H,5,10-12,17-20H2,1-2H3;18-23H,5-17H2,1-4H3;7-10H,5-6H2,1-4H3;3*1-5H2;6*1H3;;;/q;;;;;;6*-1;3*+2. The Morgan fingerprint density at radius 3 is 1.05 bits per heavy atom. The van der Waals surface area contributed by atoms with E-state index in [1.54, 1.807) is 64.2 Å². The minimum Gasteiger partial charge on any atom is -0.358 e. The van der Waals surface area contributed by atoms with E-state index in [1.165, 1.54) is 190 Å². The summed E-state index contributed by atoms with van der Waals surface area (Å²) in [5.74, 6) is 5.55. The van der Waals surface area contributed by atoms with Crippen molar-refractivity contribution in [2.75, 3.05) is 13.3 Å². The van der Waals surface area contributed by atoms with Crippen molar-refractivity contribution in [3.05, 3.63) is 105 Å². The van der Waals surface area contributed by atoms with Crippen molar-refractivity contribution in [1.82, 2.24) is 0 Å². The Balaban J connectivity index is -0.000000538. The van der Waals surface area contributed by atoms with Crippen LogP contribution in [0.5, 0.6) is 0 Å². The minimum absolute atomic E-state index is 0. The minimum atomic E-state index is -2.16. The van der Waals surface area contributed by atoms with Gasteiger partial charge in [-0.25, -0.2) is 0 Å². The van der Waals surface area contributed by atoms with Crippen molar-refractivity contribution < 1.29 is 55.8 Å². The number of rotatable bonds is 13. The molecule has 0 bridgehead atoms. The van der Waals surface area contributed by atoms with E-state index in [1.807, 2.05) is 0 Å². The maximum atomic E-state index is 14.1. The Hall–Kier alpha value is 1.52. The molecule has 0 saturated heterocycles. The maximum absolute atomic E-state index is 14.1. The first-order valence-electron chi connectivity index (χ1n) is 35.3. The molecule has 1 nitrogen and oxygen atoms in total. The van der Waals surface area contributed by atoms with Gasteiger partial charge in [0, 0.05) is 11.3 Å². The van der Waals surface area contributed by atoms with E-state index in [0.717, 1.165) is 57.9 Å². The van der Waals surface area contributed by atoms with E-state index in [0.29, 0.717) is 22.9 Å². The Bertz CT molecular complexity index is 1770. The molecule has 9 aliphatic carbocycles. The molecule has 9 saturated carbocycles. The van der Waals surface area contributed by atoms with Gasteiger partial charge in [0.1, 0.15) is 0 Å². The van der Waals surface area contributed by atoms with Crippen LogP contribution < -0.4 is 10.6 Å². The third kappa shape index (κ3) is 30.9. The van der Waals surface area contributed by atoms with Crippen LogP contribution in [-0.2, 0) is 55.8 Å². The van der Waals surface area contributed by atoms with Crippen LogP contribution in [0.25, 0.3) is 0 Å². The first-order valence-corrected chi connectivity index (χ1v) is 42.4. The van der Waals surface area contributed by atoms with Crippen molar-refractivity contribution >= 4 is 41.5 Å². The predicted octanol–water partition coefficient (Wildman–Crippen LogP) is 27.1. The summed E-state index contributed by atoms with van der Waals surface area (Å²) >= 11 is 0. The van der Waals surface area contributed by atoms with Crippen LogP contribution in [0.15, 0.2) is 60.7 Å². The van der Waals surface area contributed by atoms with Crippen LogP contribution in [-0.4, -0.2) is 58.6 Å². The second-order valence-corrected chi connectivity index (χ2v) is 40.9. The van der Waals surface area contributed by atoms with Crippen molar-refractivity contribution in [2.45, 2.75) is 345 Å². The van der Waals surface area contributed by atoms with E-state index >= 15 is 0 Å². The Kier molecular flexibility index (Phi) is 58.4. The molecule has 8 heteroatoms. The number of benzene rings is 2. The van der Waals surface area contributed by atoms with Crippen molar-refractivity contribution in [1.29, 1.82) is 0 Å². The molecule has 0 aromatic heterocycles. The molecule has 518 valence electrons. The number of hydrogen-bond donors (Lipinski definition) is 0. The van der Waals surface area contributed by atoms with Gasteiger partial charge in [-0.15, -0.1) is 7.92 Å². The van der Waals surface area contributed by atoms with Crippen molar-refractivity contribution in [3.8, 4) is 0 Å². The smallest absolute Gasteiger partial charge is 0.358 e. The van der Waals surface area contributed by atoms with Gasteiger partial charge < -0.3 is 49.1 Å². The maximum Gasteiger partial charge on any atom is 2.00 e. The molecular formula is C80H148Fe3OP4. The zero-order valence-electron chi connectivity index (χ0n) is 61.0. The molecule has 88 heavy (non-hydrogen) atoms. The third-order valence-corrected chi connectivity index (χ3v) is 36.9. The predicted molar refractivity (Wildman–Crippen MR) is 403 cm³/mol. The average molecular weight is 1420 g/mol. The van der Waals surface area contributed by atoms with Crippen LogP contribution in [0.3, 0.4) is 0 Å². The van der Waals surface area contributed by atoms with Crippen LogP contribution in [0.2, 0.25) is 0 Å². The normalized spacial score (nSPS) is 26.6. The van der Waals surface area contributed by atoms with Gasteiger partial charge in [0.05, 0.1) is 7.14 Å². The summed E-state index contributed by atoms with van der Waals surface area (Å²) in [6, 6.07) is 22.3. The summed E-state index contributed by atoms with van der Waals surface area (Å²) in [6.07, 6.45) is 55.8. The molecular weight excluding hydrogens is 1270 g/mol. The topological polar surface area (TPSA) is 17.1 Å². The fourth-order valence-corrected chi connectivity index (χ4v) is 31.4. The molecule has 9 aliphatic rings. The van der Waals surface area contributed by atoms with E-state index in [-0.39, 0.29) is 112 Å². The second kappa shape index (κ2) is 53.6. The Morgan fingerprint density at radius 2 is 0.716 bits per heavy atom. The Morgan fingerprint density at radius 1 is 0.398 bits per heavy atom. The molecule has 0 radical (unpaired) electrons. The summed E-state index contributed by atoms with van der Waals surface area (Å²) in [4.78, 5) is 0. The van der Waals surface area contributed by atoms with E-state index in [2.05, 4.69) is 129 Å². The molecule has 11 rings (SSSR count). The molecule has 0 aliphatic heterocycles. The van der Waals surface area contributed by atoms with Gasteiger partial charge in [-0.2, -0.15) is 0 Å². The zero-order valence-corrected chi connectivity index (χ0v) is 67.9. The van der Waals surface area contributed by atoms with Gasteiger partial charge in [-0.3, -0.25) is 0 Å². The fourth-order valence-electron chi connectivity index (χ4n) is 17.7. The van der Waals surface area contributed by atoms with E-state index in [4.69, 9.17) is 0 Å². The SMILES string of the molecule is C1CCCC1.C1CCCC1.C1CCCC1.CC(C)C1C(C)CCC1C.CC(C)P(C)C1CCCC1C(C)P(C1CCCCC1)C1CCCCC1.CC(C1CCCC1P(c1ccccc1)c1ccccc1)P(C)(=O)C1CCCCC1.[CH3-].[CH3-].[CH3-].[CH3-].[CH3-].[CH3-].[Fe+2].[Fe+2].[Fe+2]. The molecule has 10 unspecified atom stereocenters. The van der Waals surface area contributed by atoms with Gasteiger partial charge in [-0.05, 0) is 166 Å². The monoisotopic (exact) mass is 1420 g/mol. The molecule has 2 aromatic rings. The van der Waals surface area contributed by atoms with Gasteiger partial charge in [-0.1, -0.05) is 304 Å². The second-order valence-electron chi connectivity index (χ2n) is 28.6. The van der Waals surface area contributed by atoms with Crippen molar-refractivity contribution in [2.24, 2.45) is 35.5 Å². The third-order valence-electron chi connectivity index (χ3n) is 22.5. The number of hydrogen-bond acceptors (Lipinski definition) is 1. The molecule has 0 N–H and O–H groups in total. The summed E-state index contributed by atoms with van der Waals surface area (Å²) in [5, 5.41) is 2.97. The van der Waals surface area contributed by atoms with E-state index in [9.17, 15) is 4.57 Å². The van der Waals surface area contributed by atoms with Crippen LogP contribution in [0, 0.1) is 80.1 Å². The van der Waals surface area contributed by atoms with Gasteiger partial charge in [0.2, 0.25) is 0 Å². The molecule has 0 amide bonds. The van der Waals surface area contributed by atoms with Crippen LogP contribution >= 0.6 is 30.9 Å². The summed E-state index contributed by atoms with van der Waals surface area (Å²) < 4.78 is 14.1. The average Bonchev–Trinajstić information content (AvgIpc) is 3.12. The first-order chi connectivity index (χ1) is 38.3. The molecule has 10 atom stereocenters. The van der Waals surface area contributed by atoms with Gasteiger partial charge in [0.15, 0.2) is 0 Å². The molecule has 0 heterocycles. The van der Waals surface area contributed by atoms with Crippen LogP contribution in [0.1, 0.15) is 299 Å². The molecule has 2 aromatic carbocycles. The first kappa shape index (κ1) is 95.9. The Labute approximate surface area is 591 Å². The van der Waals surface area contributed by atoms with Crippen molar-refractivity contribution in [3.63, 3.8) is 0 Å². The van der Waals surface area contributed by atoms with Gasteiger partial charge >= 0.3 is 51.2 Å². The summed E-state index contributed by atoms with van der Waals surface area (Å²) in [5.41, 5.74) is 6.88. The zero-order chi connectivity index (χ0) is 56.4. The largest absolute Gasteiger partial charge is 2.00 e. The van der Waals surface area contributed by atoms with E-state index < -0.39 is 15.1 Å². The quantitative estimate of drug-likeness (QED) is 0.111. The summed E-state index contributed by atoms with van der Waals surface area (Å²) in [6.45, 7) is 24.4. The molecule has 0 spiro atoms. The molecule has 9 fully saturated rings.